The summed E-state index contributed by atoms with van der Waals surface area (Å²) >= 11 is 0. The molecule has 168 valence electrons. The number of aliphatic hydroxyl groups is 1. The minimum absolute atomic E-state index is 0.201. The predicted molar refractivity (Wildman–Crippen MR) is 126 cm³/mol. The zero-order valence-corrected chi connectivity index (χ0v) is 21.1. The van der Waals surface area contributed by atoms with Gasteiger partial charge in [0.15, 0.2) is 8.32 Å². The van der Waals surface area contributed by atoms with E-state index in [0.717, 1.165) is 25.2 Å². The predicted octanol–water partition coefficient (Wildman–Crippen LogP) is 6.16. The molecule has 0 aliphatic heterocycles. The van der Waals surface area contributed by atoms with E-state index < -0.39 is 8.32 Å². The van der Waals surface area contributed by atoms with Gasteiger partial charge in [-0.05, 0) is 96.7 Å². The summed E-state index contributed by atoms with van der Waals surface area (Å²) in [5, 5.41) is 11.4. The van der Waals surface area contributed by atoms with Gasteiger partial charge in [0.05, 0.1) is 13.2 Å². The summed E-state index contributed by atoms with van der Waals surface area (Å²) in [6.45, 7) is 14.8. The van der Waals surface area contributed by atoms with Crippen molar-refractivity contribution in [2.45, 2.75) is 90.0 Å². The Morgan fingerprint density at radius 2 is 1.93 bits per heavy atom. The fraction of sp³-hybridized carbons (Fsp3) is 0.769. The van der Waals surface area contributed by atoms with Crippen LogP contribution in [0.1, 0.15) is 70.4 Å². The molecule has 1 N–H and O–H groups in total. The minimum atomic E-state index is -1.81. The number of fused-ring (bicyclic) bond motifs is 5. The molecule has 1 aromatic carbocycles. The standard InChI is InChI=1S/C26H42O3Si/c1-25(2,3)30(6,7)29-16-23-24(27)15-22-21-10-8-17-14-18(28-5)9-11-19(17)20(21)12-13-26(22,23)4/h9,11,14,20-24,27H,8,10,12-13,15-16H2,1-7H3/t20-,21-,22-,23-,24+,26+/m1/s1. The lowest BCUT2D eigenvalue weighted by Gasteiger charge is -2.51. The molecule has 2 fully saturated rings. The first kappa shape index (κ1) is 22.4. The number of aryl methyl sites for hydroxylation is 1. The molecule has 3 aliphatic carbocycles. The van der Waals surface area contributed by atoms with Gasteiger partial charge in [0.25, 0.3) is 0 Å². The van der Waals surface area contributed by atoms with Crippen molar-refractivity contribution >= 4 is 8.32 Å². The summed E-state index contributed by atoms with van der Waals surface area (Å²) in [6.07, 6.45) is 5.55. The molecule has 1 aromatic rings. The summed E-state index contributed by atoms with van der Waals surface area (Å²) in [5.41, 5.74) is 3.23. The van der Waals surface area contributed by atoms with Gasteiger partial charge in [-0.25, -0.2) is 0 Å². The molecule has 0 bridgehead atoms. The maximum absolute atomic E-state index is 11.2. The van der Waals surface area contributed by atoms with E-state index in [2.05, 4.69) is 59.0 Å². The molecule has 6 atom stereocenters. The number of hydrogen-bond donors (Lipinski definition) is 1. The van der Waals surface area contributed by atoms with Gasteiger partial charge in [0.2, 0.25) is 0 Å². The van der Waals surface area contributed by atoms with Crippen molar-refractivity contribution in [2.24, 2.45) is 23.2 Å². The molecule has 2 saturated carbocycles. The van der Waals surface area contributed by atoms with E-state index in [1.54, 1.807) is 12.7 Å². The van der Waals surface area contributed by atoms with Crippen molar-refractivity contribution in [3.63, 3.8) is 0 Å². The van der Waals surface area contributed by atoms with E-state index in [4.69, 9.17) is 9.16 Å². The van der Waals surface area contributed by atoms with Crippen LogP contribution in [0.15, 0.2) is 18.2 Å². The van der Waals surface area contributed by atoms with Crippen LogP contribution in [0.5, 0.6) is 5.75 Å². The van der Waals surface area contributed by atoms with Crippen molar-refractivity contribution in [1.29, 1.82) is 0 Å². The molecule has 0 saturated heterocycles. The minimum Gasteiger partial charge on any atom is -0.497 e. The fourth-order valence-electron chi connectivity index (χ4n) is 6.62. The maximum Gasteiger partial charge on any atom is 0.191 e. The highest BCUT2D eigenvalue weighted by molar-refractivity contribution is 6.74. The highest BCUT2D eigenvalue weighted by Crippen LogP contribution is 2.63. The molecule has 0 unspecified atom stereocenters. The van der Waals surface area contributed by atoms with Crippen molar-refractivity contribution < 1.29 is 14.3 Å². The van der Waals surface area contributed by atoms with Gasteiger partial charge in [0.1, 0.15) is 5.75 Å². The van der Waals surface area contributed by atoms with E-state index in [0.29, 0.717) is 17.8 Å². The Morgan fingerprint density at radius 1 is 1.20 bits per heavy atom. The lowest BCUT2D eigenvalue weighted by molar-refractivity contribution is -0.00642. The number of ether oxygens (including phenoxy) is 1. The van der Waals surface area contributed by atoms with E-state index >= 15 is 0 Å². The van der Waals surface area contributed by atoms with Crippen molar-refractivity contribution in [3.8, 4) is 5.75 Å². The van der Waals surface area contributed by atoms with Crippen molar-refractivity contribution in [2.75, 3.05) is 13.7 Å². The van der Waals surface area contributed by atoms with Crippen LogP contribution < -0.4 is 4.74 Å². The first-order chi connectivity index (χ1) is 14.0. The van der Waals surface area contributed by atoms with Gasteiger partial charge in [-0.3, -0.25) is 0 Å². The number of methoxy groups -OCH3 is 1. The average molecular weight is 431 g/mol. The monoisotopic (exact) mass is 430 g/mol. The van der Waals surface area contributed by atoms with Crippen LogP contribution >= 0.6 is 0 Å². The van der Waals surface area contributed by atoms with E-state index in [-0.39, 0.29) is 22.5 Å². The number of aliphatic hydroxyl groups excluding tert-OH is 1. The molecule has 30 heavy (non-hydrogen) atoms. The molecular weight excluding hydrogens is 388 g/mol. The third kappa shape index (κ3) is 3.57. The normalized spacial score (nSPS) is 36.1. The van der Waals surface area contributed by atoms with Gasteiger partial charge >= 0.3 is 0 Å². The Hall–Kier alpha value is -0.843. The molecule has 0 radical (unpaired) electrons. The maximum atomic E-state index is 11.2. The van der Waals surface area contributed by atoms with Crippen LogP contribution in [0.25, 0.3) is 0 Å². The number of rotatable bonds is 4. The Balaban J connectivity index is 1.54. The average Bonchev–Trinajstić information content (AvgIpc) is 2.94. The summed E-state index contributed by atoms with van der Waals surface area (Å²) in [7, 11) is -0.0502. The molecule has 0 aromatic heterocycles. The lowest BCUT2D eigenvalue weighted by atomic mass is 9.54. The van der Waals surface area contributed by atoms with E-state index in [1.165, 1.54) is 24.8 Å². The van der Waals surface area contributed by atoms with Gasteiger partial charge in [-0.2, -0.15) is 0 Å². The third-order valence-electron chi connectivity index (χ3n) is 9.61. The highest BCUT2D eigenvalue weighted by Gasteiger charge is 2.58. The Kier molecular flexibility index (Phi) is 5.69. The van der Waals surface area contributed by atoms with Crippen LogP contribution in [-0.4, -0.2) is 33.2 Å². The summed E-state index contributed by atoms with van der Waals surface area (Å²) in [4.78, 5) is 0. The quantitative estimate of drug-likeness (QED) is 0.581. The zero-order chi connectivity index (χ0) is 21.9. The Bertz CT molecular complexity index is 783. The SMILES string of the molecule is COc1ccc2c(c1)CC[C@@H]1[C@@H]2CC[C@@]2(C)[C@@H]1C[C@H](O)[C@H]2CO[Si](C)(C)C(C)(C)C. The Morgan fingerprint density at radius 3 is 2.60 bits per heavy atom. The van der Waals surface area contributed by atoms with E-state index in [1.807, 2.05) is 0 Å². The Labute approximate surface area is 184 Å². The second-order valence-electron chi connectivity index (χ2n) is 12.0. The van der Waals surface area contributed by atoms with E-state index in [9.17, 15) is 5.11 Å². The zero-order valence-electron chi connectivity index (χ0n) is 20.1. The second kappa shape index (κ2) is 7.63. The van der Waals surface area contributed by atoms with Crippen LogP contribution in [0.4, 0.5) is 0 Å². The molecule has 3 nitrogen and oxygen atoms in total. The van der Waals surface area contributed by atoms with Crippen LogP contribution in [0, 0.1) is 23.2 Å². The summed E-state index contributed by atoms with van der Waals surface area (Å²) in [6, 6.07) is 6.70. The summed E-state index contributed by atoms with van der Waals surface area (Å²) in [5.74, 6) is 3.19. The first-order valence-corrected chi connectivity index (χ1v) is 14.9. The topological polar surface area (TPSA) is 38.7 Å². The first-order valence-electron chi connectivity index (χ1n) is 12.0. The molecule has 0 spiro atoms. The molecule has 0 amide bonds. The second-order valence-corrected chi connectivity index (χ2v) is 16.8. The molecule has 3 aliphatic rings. The molecule has 0 heterocycles. The number of benzene rings is 1. The van der Waals surface area contributed by atoms with Gasteiger partial charge < -0.3 is 14.3 Å². The smallest absolute Gasteiger partial charge is 0.191 e. The van der Waals surface area contributed by atoms with Gasteiger partial charge in [0, 0.05) is 12.5 Å². The van der Waals surface area contributed by atoms with Crippen LogP contribution in [0.3, 0.4) is 0 Å². The molecular formula is C26H42O3Si. The number of hydrogen-bond acceptors (Lipinski definition) is 3. The summed E-state index contributed by atoms with van der Waals surface area (Å²) < 4.78 is 12.1. The van der Waals surface area contributed by atoms with Gasteiger partial charge in [-0.1, -0.05) is 33.8 Å². The van der Waals surface area contributed by atoms with Crippen molar-refractivity contribution in [3.05, 3.63) is 29.3 Å². The third-order valence-corrected chi connectivity index (χ3v) is 14.1. The van der Waals surface area contributed by atoms with Gasteiger partial charge in [-0.15, -0.1) is 0 Å². The van der Waals surface area contributed by atoms with Crippen LogP contribution in [0.2, 0.25) is 18.1 Å². The highest BCUT2D eigenvalue weighted by atomic mass is 28.4. The molecule has 4 heteroatoms. The lowest BCUT2D eigenvalue weighted by Crippen LogP contribution is -2.47. The van der Waals surface area contributed by atoms with Crippen LogP contribution in [-0.2, 0) is 10.8 Å². The fourth-order valence-corrected chi connectivity index (χ4v) is 7.65. The molecule has 4 rings (SSSR count). The largest absolute Gasteiger partial charge is 0.497 e. The van der Waals surface area contributed by atoms with Crippen molar-refractivity contribution in [1.82, 2.24) is 0 Å².